The number of aromatic nitrogens is 1. The summed E-state index contributed by atoms with van der Waals surface area (Å²) in [5, 5.41) is 13.7. The molecule has 5 rings (SSSR count). The summed E-state index contributed by atoms with van der Waals surface area (Å²) in [4.78, 5) is 33.9. The first-order valence-corrected chi connectivity index (χ1v) is 12.8. The molecule has 4 aromatic rings. The number of rotatable bonds is 7. The summed E-state index contributed by atoms with van der Waals surface area (Å²) in [6.07, 6.45) is 1.20. The van der Waals surface area contributed by atoms with Gasteiger partial charge in [0.25, 0.3) is 0 Å². The standard InChI is InChI=1S/C30H28F2N4O4/c1-19-3-5-20(6-4-19)26(33-40-2)18-34-11-13-35(14-12-34)28-16-27-23(15-25(28)32)29(37)24(30(38)39)17-36(27)22-9-7-21(31)8-10-22/h3-10,15-17H,11-14,18H2,1-2H3,(H,38,39). The van der Waals surface area contributed by atoms with Gasteiger partial charge in [0.15, 0.2) is 0 Å². The first-order valence-electron chi connectivity index (χ1n) is 12.8. The monoisotopic (exact) mass is 546 g/mol. The summed E-state index contributed by atoms with van der Waals surface area (Å²) in [7, 11) is 1.51. The second-order valence-electron chi connectivity index (χ2n) is 9.69. The minimum atomic E-state index is -1.43. The third-order valence-corrected chi connectivity index (χ3v) is 7.08. The molecule has 40 heavy (non-hydrogen) atoms. The summed E-state index contributed by atoms with van der Waals surface area (Å²) in [6.45, 7) is 4.89. The maximum Gasteiger partial charge on any atom is 0.341 e. The lowest BCUT2D eigenvalue weighted by molar-refractivity contribution is 0.0695. The number of hydrogen-bond acceptors (Lipinski definition) is 6. The van der Waals surface area contributed by atoms with Crippen molar-refractivity contribution in [3.63, 3.8) is 0 Å². The van der Waals surface area contributed by atoms with Gasteiger partial charge in [-0.25, -0.2) is 13.6 Å². The van der Waals surface area contributed by atoms with Gasteiger partial charge in [-0.15, -0.1) is 0 Å². The number of hydrogen-bond donors (Lipinski definition) is 1. The first-order chi connectivity index (χ1) is 19.2. The summed E-state index contributed by atoms with van der Waals surface area (Å²) >= 11 is 0. The normalized spacial score (nSPS) is 14.5. The largest absolute Gasteiger partial charge is 0.477 e. The fourth-order valence-corrected chi connectivity index (χ4v) is 4.93. The Morgan fingerprint density at radius 2 is 1.68 bits per heavy atom. The topological polar surface area (TPSA) is 87.4 Å². The van der Waals surface area contributed by atoms with Crippen LogP contribution in [0.2, 0.25) is 0 Å². The van der Waals surface area contributed by atoms with E-state index in [0.29, 0.717) is 49.6 Å². The molecule has 1 aliphatic rings. The molecule has 10 heteroatoms. The minimum Gasteiger partial charge on any atom is -0.477 e. The number of aromatic carboxylic acids is 1. The van der Waals surface area contributed by atoms with E-state index in [1.165, 1.54) is 42.1 Å². The first kappa shape index (κ1) is 27.0. The van der Waals surface area contributed by atoms with Crippen LogP contribution in [0.5, 0.6) is 0 Å². The van der Waals surface area contributed by atoms with E-state index >= 15 is 4.39 Å². The lowest BCUT2D eigenvalue weighted by Gasteiger charge is -2.36. The van der Waals surface area contributed by atoms with Gasteiger partial charge in [0.2, 0.25) is 5.43 Å². The Morgan fingerprint density at radius 1 is 1.00 bits per heavy atom. The van der Waals surface area contributed by atoms with Crippen molar-refractivity contribution in [1.29, 1.82) is 0 Å². The number of oxime groups is 1. The predicted molar refractivity (Wildman–Crippen MR) is 150 cm³/mol. The second kappa shape index (κ2) is 11.3. The van der Waals surface area contributed by atoms with Gasteiger partial charge >= 0.3 is 5.97 Å². The molecule has 0 aliphatic carbocycles. The summed E-state index contributed by atoms with van der Waals surface area (Å²) in [6, 6.07) is 16.1. The Morgan fingerprint density at radius 3 is 2.30 bits per heavy atom. The molecule has 206 valence electrons. The van der Waals surface area contributed by atoms with Gasteiger partial charge in [-0.05, 0) is 43.3 Å². The molecule has 8 nitrogen and oxygen atoms in total. The highest BCUT2D eigenvalue weighted by molar-refractivity contribution is 6.01. The summed E-state index contributed by atoms with van der Waals surface area (Å²) in [5.41, 5.74) is 2.70. The number of nitrogens with zero attached hydrogens (tertiary/aromatic N) is 4. The highest BCUT2D eigenvalue weighted by Gasteiger charge is 2.24. The van der Waals surface area contributed by atoms with Gasteiger partial charge in [0.1, 0.15) is 30.0 Å². The van der Waals surface area contributed by atoms with Crippen LogP contribution in [0.1, 0.15) is 21.5 Å². The van der Waals surface area contributed by atoms with E-state index in [1.54, 1.807) is 6.07 Å². The highest BCUT2D eigenvalue weighted by atomic mass is 19.1. The predicted octanol–water partition coefficient (Wildman–Crippen LogP) is 4.45. The molecule has 0 radical (unpaired) electrons. The van der Waals surface area contributed by atoms with Gasteiger partial charge in [0, 0.05) is 55.6 Å². The molecule has 0 atom stereocenters. The van der Waals surface area contributed by atoms with Crippen LogP contribution in [-0.4, -0.2) is 66.1 Å². The minimum absolute atomic E-state index is 0.0670. The number of aryl methyl sites for hydroxylation is 1. The number of piperazine rings is 1. The summed E-state index contributed by atoms with van der Waals surface area (Å²) < 4.78 is 30.5. The van der Waals surface area contributed by atoms with E-state index in [-0.39, 0.29) is 5.39 Å². The molecular formula is C30H28F2N4O4. The van der Waals surface area contributed by atoms with E-state index in [4.69, 9.17) is 4.84 Å². The molecule has 3 aromatic carbocycles. The molecule has 0 bridgehead atoms. The molecule has 1 aliphatic heterocycles. The van der Waals surface area contributed by atoms with E-state index in [0.717, 1.165) is 22.9 Å². The molecule has 1 saturated heterocycles. The molecular weight excluding hydrogens is 518 g/mol. The van der Waals surface area contributed by atoms with Gasteiger partial charge in [-0.1, -0.05) is 35.0 Å². The maximum atomic E-state index is 15.4. The van der Waals surface area contributed by atoms with Crippen LogP contribution in [0.25, 0.3) is 16.6 Å². The number of carboxylic acids is 1. The van der Waals surface area contributed by atoms with Crippen molar-refractivity contribution in [2.75, 3.05) is 44.7 Å². The van der Waals surface area contributed by atoms with Crippen LogP contribution in [0, 0.1) is 18.6 Å². The summed E-state index contributed by atoms with van der Waals surface area (Å²) in [5.74, 6) is -2.50. The van der Waals surface area contributed by atoms with Crippen molar-refractivity contribution in [1.82, 2.24) is 9.47 Å². The Kier molecular flexibility index (Phi) is 7.61. The van der Waals surface area contributed by atoms with Crippen LogP contribution < -0.4 is 10.3 Å². The Labute approximate surface area is 229 Å². The molecule has 2 heterocycles. The average molecular weight is 547 g/mol. The Bertz CT molecular complexity index is 1640. The van der Waals surface area contributed by atoms with Crippen molar-refractivity contribution in [3.8, 4) is 5.69 Å². The fraction of sp³-hybridized carbons (Fsp3) is 0.233. The number of pyridine rings is 1. The van der Waals surface area contributed by atoms with E-state index in [2.05, 4.69) is 10.1 Å². The smallest absolute Gasteiger partial charge is 0.341 e. The Balaban J connectivity index is 1.44. The van der Waals surface area contributed by atoms with Crippen LogP contribution in [-0.2, 0) is 4.84 Å². The molecule has 1 fully saturated rings. The SMILES string of the molecule is CON=C(CN1CCN(c2cc3c(cc2F)c(=O)c(C(=O)O)cn3-c2ccc(F)cc2)CC1)c1ccc(C)cc1. The lowest BCUT2D eigenvalue weighted by Crippen LogP contribution is -2.48. The van der Waals surface area contributed by atoms with Crippen LogP contribution in [0.4, 0.5) is 14.5 Å². The van der Waals surface area contributed by atoms with Gasteiger partial charge in [0.05, 0.1) is 11.2 Å². The number of halogens is 2. The van der Waals surface area contributed by atoms with E-state index in [9.17, 15) is 19.1 Å². The fourth-order valence-electron chi connectivity index (χ4n) is 4.93. The Hall–Kier alpha value is -4.57. The van der Waals surface area contributed by atoms with E-state index < -0.39 is 28.6 Å². The number of carbonyl (C=O) groups is 1. The molecule has 0 unspecified atom stereocenters. The van der Waals surface area contributed by atoms with Crippen molar-refractivity contribution >= 4 is 28.3 Å². The zero-order valence-corrected chi connectivity index (χ0v) is 22.1. The zero-order valence-electron chi connectivity index (χ0n) is 22.1. The molecule has 1 N–H and O–H groups in total. The quantitative estimate of drug-likeness (QED) is 0.272. The van der Waals surface area contributed by atoms with E-state index in [1.807, 2.05) is 36.1 Å². The zero-order chi connectivity index (χ0) is 28.4. The third-order valence-electron chi connectivity index (χ3n) is 7.08. The van der Waals surface area contributed by atoms with Gasteiger partial charge < -0.3 is 19.4 Å². The molecule has 1 aromatic heterocycles. The average Bonchev–Trinajstić information content (AvgIpc) is 2.94. The second-order valence-corrected chi connectivity index (χ2v) is 9.69. The molecule has 0 saturated carbocycles. The van der Waals surface area contributed by atoms with Crippen molar-refractivity contribution in [2.45, 2.75) is 6.92 Å². The van der Waals surface area contributed by atoms with Gasteiger partial charge in [-0.3, -0.25) is 9.69 Å². The van der Waals surface area contributed by atoms with Crippen LogP contribution in [0.3, 0.4) is 0 Å². The number of anilines is 1. The lowest BCUT2D eigenvalue weighted by atomic mass is 10.1. The number of carboxylic acid groups (broad SMARTS) is 1. The van der Waals surface area contributed by atoms with Crippen molar-refractivity contribution < 1.29 is 23.5 Å². The van der Waals surface area contributed by atoms with Crippen molar-refractivity contribution in [3.05, 3.63) is 105 Å². The maximum absolute atomic E-state index is 15.4. The highest BCUT2D eigenvalue weighted by Crippen LogP contribution is 2.28. The van der Waals surface area contributed by atoms with Crippen LogP contribution >= 0.6 is 0 Å². The number of benzene rings is 3. The number of fused-ring (bicyclic) bond motifs is 1. The third kappa shape index (κ3) is 5.43. The molecule has 0 amide bonds. The van der Waals surface area contributed by atoms with Crippen LogP contribution in [0.15, 0.2) is 76.8 Å². The van der Waals surface area contributed by atoms with Gasteiger partial charge in [-0.2, -0.15) is 0 Å². The molecule has 0 spiro atoms. The van der Waals surface area contributed by atoms with Crippen molar-refractivity contribution in [2.24, 2.45) is 5.16 Å².